The third kappa shape index (κ3) is 4.61. The summed E-state index contributed by atoms with van der Waals surface area (Å²) >= 11 is 7.19. The number of anilines is 1. The monoisotopic (exact) mass is 403 g/mol. The summed E-state index contributed by atoms with van der Waals surface area (Å²) in [5.74, 6) is 0.155. The second kappa shape index (κ2) is 8.45. The lowest BCUT2D eigenvalue weighted by molar-refractivity contribution is -0.128. The maximum Gasteiger partial charge on any atom is 0.238 e. The van der Waals surface area contributed by atoms with Gasteiger partial charge in [-0.15, -0.1) is 0 Å². The van der Waals surface area contributed by atoms with Crippen molar-refractivity contribution in [1.82, 2.24) is 4.90 Å². The lowest BCUT2D eigenvalue weighted by atomic mass is 10.2. The van der Waals surface area contributed by atoms with E-state index in [0.717, 1.165) is 0 Å². The van der Waals surface area contributed by atoms with E-state index >= 15 is 0 Å². The molecule has 3 rings (SSSR count). The third-order valence-electron chi connectivity index (χ3n) is 3.95. The Labute approximate surface area is 166 Å². The van der Waals surface area contributed by atoms with Crippen molar-refractivity contribution < 1.29 is 14.3 Å². The quantitative estimate of drug-likeness (QED) is 0.839. The van der Waals surface area contributed by atoms with Crippen LogP contribution in [0.5, 0.6) is 5.75 Å². The van der Waals surface area contributed by atoms with Gasteiger partial charge in [-0.05, 0) is 30.3 Å². The number of benzene rings is 2. The van der Waals surface area contributed by atoms with Gasteiger partial charge in [0.2, 0.25) is 11.8 Å². The standard InChI is InChI=1S/C19H18ClN3O3S/c1-23-17(24)11-16(18(25)21-13-7-5-6-12(20)10-13)27-19(23)22-14-8-3-4-9-15(14)26-2/h3-10,16H,11H2,1-2H3,(H,21,25)/t16-/m1/s1. The number of amides is 2. The Bertz CT molecular complexity index is 903. The van der Waals surface area contributed by atoms with Crippen LogP contribution in [-0.4, -0.2) is 41.3 Å². The molecule has 1 aliphatic heterocycles. The van der Waals surface area contributed by atoms with Crippen molar-refractivity contribution in [3.63, 3.8) is 0 Å². The first-order chi connectivity index (χ1) is 13.0. The summed E-state index contributed by atoms with van der Waals surface area (Å²) in [5, 5.41) is 3.19. The SMILES string of the molecule is COc1ccccc1N=C1S[C@@H](C(=O)Nc2cccc(Cl)c2)CC(=O)N1C. The van der Waals surface area contributed by atoms with Crippen molar-refractivity contribution in [3.05, 3.63) is 53.6 Å². The van der Waals surface area contributed by atoms with Crippen LogP contribution < -0.4 is 10.1 Å². The number of hydrogen-bond donors (Lipinski definition) is 1. The lowest BCUT2D eigenvalue weighted by Gasteiger charge is -2.29. The average molecular weight is 404 g/mol. The first-order valence-corrected chi connectivity index (χ1v) is 9.45. The van der Waals surface area contributed by atoms with Gasteiger partial charge in [0.05, 0.1) is 7.11 Å². The van der Waals surface area contributed by atoms with E-state index in [1.54, 1.807) is 50.6 Å². The molecular weight excluding hydrogens is 386 g/mol. The van der Waals surface area contributed by atoms with E-state index < -0.39 is 5.25 Å². The summed E-state index contributed by atoms with van der Waals surface area (Å²) in [6, 6.07) is 14.1. The number of aliphatic imine (C=N–C) groups is 1. The predicted molar refractivity (Wildman–Crippen MR) is 109 cm³/mol. The summed E-state index contributed by atoms with van der Waals surface area (Å²) in [4.78, 5) is 31.0. The third-order valence-corrected chi connectivity index (χ3v) is 5.43. The molecule has 2 aromatic carbocycles. The van der Waals surface area contributed by atoms with Crippen molar-refractivity contribution in [2.45, 2.75) is 11.7 Å². The highest BCUT2D eigenvalue weighted by atomic mass is 35.5. The zero-order chi connectivity index (χ0) is 19.4. The van der Waals surface area contributed by atoms with Crippen LogP contribution in [0.3, 0.4) is 0 Å². The number of amidine groups is 1. The number of carbonyl (C=O) groups excluding carboxylic acids is 2. The van der Waals surface area contributed by atoms with Gasteiger partial charge < -0.3 is 10.1 Å². The Morgan fingerprint density at radius 3 is 2.81 bits per heavy atom. The molecule has 0 unspecified atom stereocenters. The fourth-order valence-electron chi connectivity index (χ4n) is 2.51. The summed E-state index contributed by atoms with van der Waals surface area (Å²) in [7, 11) is 3.21. The highest BCUT2D eigenvalue weighted by molar-refractivity contribution is 8.15. The molecular formula is C19H18ClN3O3S. The second-order valence-corrected chi connectivity index (χ2v) is 7.44. The van der Waals surface area contributed by atoms with Gasteiger partial charge in [0.15, 0.2) is 5.17 Å². The number of nitrogens with zero attached hydrogens (tertiary/aromatic N) is 2. The number of carbonyl (C=O) groups is 2. The fourth-order valence-corrected chi connectivity index (χ4v) is 3.76. The van der Waals surface area contributed by atoms with Gasteiger partial charge in [-0.3, -0.25) is 14.5 Å². The first-order valence-electron chi connectivity index (χ1n) is 8.19. The van der Waals surface area contributed by atoms with E-state index in [1.165, 1.54) is 16.7 Å². The van der Waals surface area contributed by atoms with Crippen molar-refractivity contribution in [2.75, 3.05) is 19.5 Å². The molecule has 2 amide bonds. The maximum absolute atomic E-state index is 12.6. The molecule has 1 aliphatic rings. The second-order valence-electron chi connectivity index (χ2n) is 5.83. The molecule has 0 saturated carbocycles. The van der Waals surface area contributed by atoms with Crippen LogP contribution in [0.2, 0.25) is 5.02 Å². The van der Waals surface area contributed by atoms with Gasteiger partial charge in [0.25, 0.3) is 0 Å². The molecule has 0 radical (unpaired) electrons. The Kier molecular flexibility index (Phi) is 6.03. The van der Waals surface area contributed by atoms with Crippen molar-refractivity contribution >= 4 is 51.7 Å². The average Bonchev–Trinajstić information content (AvgIpc) is 2.65. The molecule has 8 heteroatoms. The number of ether oxygens (including phenoxy) is 1. The minimum absolute atomic E-state index is 0.0957. The van der Waals surface area contributed by atoms with E-state index in [1.807, 2.05) is 12.1 Å². The minimum atomic E-state index is -0.582. The van der Waals surface area contributed by atoms with Gasteiger partial charge >= 0.3 is 0 Å². The fraction of sp³-hybridized carbons (Fsp3) is 0.211. The molecule has 27 heavy (non-hydrogen) atoms. The molecule has 0 aliphatic carbocycles. The number of rotatable bonds is 4. The highest BCUT2D eigenvalue weighted by Gasteiger charge is 2.34. The number of nitrogens with one attached hydrogen (secondary N) is 1. The van der Waals surface area contributed by atoms with E-state index in [-0.39, 0.29) is 18.2 Å². The number of methoxy groups -OCH3 is 1. The number of thioether (sulfide) groups is 1. The van der Waals surface area contributed by atoms with Gasteiger partial charge in [0, 0.05) is 24.2 Å². The predicted octanol–water partition coefficient (Wildman–Crippen LogP) is 3.94. The van der Waals surface area contributed by atoms with Gasteiger partial charge in [-0.1, -0.05) is 41.6 Å². The molecule has 0 aromatic heterocycles. The smallest absolute Gasteiger partial charge is 0.238 e. The summed E-state index contributed by atoms with van der Waals surface area (Å²) in [6.07, 6.45) is 0.0957. The molecule has 1 N–H and O–H groups in total. The van der Waals surface area contributed by atoms with Crippen LogP contribution in [-0.2, 0) is 9.59 Å². The molecule has 1 fully saturated rings. The zero-order valence-electron chi connectivity index (χ0n) is 14.8. The van der Waals surface area contributed by atoms with Crippen LogP contribution in [0.4, 0.5) is 11.4 Å². The van der Waals surface area contributed by atoms with Crippen molar-refractivity contribution in [2.24, 2.45) is 4.99 Å². The number of halogens is 1. The minimum Gasteiger partial charge on any atom is -0.494 e. The largest absolute Gasteiger partial charge is 0.494 e. The first kappa shape index (κ1) is 19.3. The Morgan fingerprint density at radius 2 is 2.07 bits per heavy atom. The van der Waals surface area contributed by atoms with Crippen LogP contribution in [0.1, 0.15) is 6.42 Å². The van der Waals surface area contributed by atoms with Crippen LogP contribution in [0.15, 0.2) is 53.5 Å². The normalized spacial score (nSPS) is 18.5. The molecule has 0 bridgehead atoms. The summed E-state index contributed by atoms with van der Waals surface area (Å²) in [6.45, 7) is 0. The van der Waals surface area contributed by atoms with E-state index in [9.17, 15) is 9.59 Å². The maximum atomic E-state index is 12.6. The molecule has 1 heterocycles. The van der Waals surface area contributed by atoms with Crippen molar-refractivity contribution in [3.8, 4) is 5.75 Å². The van der Waals surface area contributed by atoms with Crippen LogP contribution >= 0.6 is 23.4 Å². The van der Waals surface area contributed by atoms with E-state index in [4.69, 9.17) is 16.3 Å². The summed E-state index contributed by atoms with van der Waals surface area (Å²) < 4.78 is 5.30. The molecule has 1 saturated heterocycles. The highest BCUT2D eigenvalue weighted by Crippen LogP contribution is 2.32. The lowest BCUT2D eigenvalue weighted by Crippen LogP contribution is -2.43. The van der Waals surface area contributed by atoms with Crippen molar-refractivity contribution in [1.29, 1.82) is 0 Å². The molecule has 6 nitrogen and oxygen atoms in total. The zero-order valence-corrected chi connectivity index (χ0v) is 16.4. The Hall–Kier alpha value is -2.51. The number of hydrogen-bond acceptors (Lipinski definition) is 5. The molecule has 0 spiro atoms. The molecule has 140 valence electrons. The number of para-hydroxylation sites is 2. The van der Waals surface area contributed by atoms with E-state index in [0.29, 0.717) is 27.3 Å². The Balaban J connectivity index is 1.81. The Morgan fingerprint density at radius 1 is 1.30 bits per heavy atom. The molecule has 2 aromatic rings. The topological polar surface area (TPSA) is 71.0 Å². The van der Waals surface area contributed by atoms with Crippen LogP contribution in [0, 0.1) is 0 Å². The van der Waals surface area contributed by atoms with Crippen LogP contribution in [0.25, 0.3) is 0 Å². The summed E-state index contributed by atoms with van der Waals surface area (Å²) in [5.41, 5.74) is 1.18. The van der Waals surface area contributed by atoms with Gasteiger partial charge in [-0.2, -0.15) is 0 Å². The van der Waals surface area contributed by atoms with E-state index in [2.05, 4.69) is 10.3 Å². The van der Waals surface area contributed by atoms with Gasteiger partial charge in [0.1, 0.15) is 16.7 Å². The van der Waals surface area contributed by atoms with Gasteiger partial charge in [-0.25, -0.2) is 4.99 Å². The molecule has 1 atom stereocenters.